The lowest BCUT2D eigenvalue weighted by molar-refractivity contribution is 0.144. The molecule has 2 rings (SSSR count). The predicted octanol–water partition coefficient (Wildman–Crippen LogP) is 2.79. The van der Waals surface area contributed by atoms with Crippen molar-refractivity contribution >= 4 is 5.69 Å². The van der Waals surface area contributed by atoms with Gasteiger partial charge in [0.25, 0.3) is 0 Å². The maximum atomic E-state index is 5.11. The van der Waals surface area contributed by atoms with E-state index >= 15 is 0 Å². The topological polar surface area (TPSA) is 15.7 Å². The molecule has 3 heteroatoms. The van der Waals surface area contributed by atoms with Gasteiger partial charge in [0, 0.05) is 45.5 Å². The molecular formula is C16H28N2O. The van der Waals surface area contributed by atoms with Crippen LogP contribution in [0, 0.1) is 6.92 Å². The van der Waals surface area contributed by atoms with E-state index in [9.17, 15) is 0 Å². The summed E-state index contributed by atoms with van der Waals surface area (Å²) in [5.41, 5.74) is 2.68. The SMILES string of the molecule is CC.COCCN1CCN(c2ccc(C)cc2)CC1. The van der Waals surface area contributed by atoms with Crippen molar-refractivity contribution in [1.29, 1.82) is 0 Å². The number of benzene rings is 1. The quantitative estimate of drug-likeness (QED) is 0.831. The lowest BCUT2D eigenvalue weighted by Crippen LogP contribution is -2.47. The summed E-state index contributed by atoms with van der Waals surface area (Å²) >= 11 is 0. The number of aryl methyl sites for hydroxylation is 1. The zero-order valence-electron chi connectivity index (χ0n) is 12.9. The Labute approximate surface area is 118 Å². The number of nitrogens with zero attached hydrogens (tertiary/aromatic N) is 2. The molecule has 1 aromatic carbocycles. The second-order valence-electron chi connectivity index (χ2n) is 4.66. The highest BCUT2D eigenvalue weighted by molar-refractivity contribution is 5.47. The summed E-state index contributed by atoms with van der Waals surface area (Å²) in [7, 11) is 1.77. The number of piperazine rings is 1. The zero-order valence-corrected chi connectivity index (χ0v) is 12.9. The third-order valence-electron chi connectivity index (χ3n) is 3.38. The molecule has 1 aliphatic rings. The van der Waals surface area contributed by atoms with Gasteiger partial charge < -0.3 is 9.64 Å². The van der Waals surface area contributed by atoms with E-state index in [1.54, 1.807) is 7.11 Å². The Morgan fingerprint density at radius 3 is 2.11 bits per heavy atom. The van der Waals surface area contributed by atoms with Crippen LogP contribution in [0.3, 0.4) is 0 Å². The molecule has 0 spiro atoms. The van der Waals surface area contributed by atoms with E-state index in [0.717, 1.165) is 39.3 Å². The van der Waals surface area contributed by atoms with Crippen LogP contribution in [0.15, 0.2) is 24.3 Å². The van der Waals surface area contributed by atoms with Crippen molar-refractivity contribution < 1.29 is 4.74 Å². The number of hydrogen-bond acceptors (Lipinski definition) is 3. The van der Waals surface area contributed by atoms with Gasteiger partial charge in [0.1, 0.15) is 0 Å². The van der Waals surface area contributed by atoms with E-state index in [0.29, 0.717) is 0 Å². The molecule has 19 heavy (non-hydrogen) atoms. The van der Waals surface area contributed by atoms with Crippen LogP contribution in [0.2, 0.25) is 0 Å². The summed E-state index contributed by atoms with van der Waals surface area (Å²) in [5.74, 6) is 0. The summed E-state index contributed by atoms with van der Waals surface area (Å²) < 4.78 is 5.11. The van der Waals surface area contributed by atoms with Gasteiger partial charge in [-0.25, -0.2) is 0 Å². The van der Waals surface area contributed by atoms with Gasteiger partial charge in [-0.15, -0.1) is 0 Å². The fourth-order valence-electron chi connectivity index (χ4n) is 2.21. The van der Waals surface area contributed by atoms with Gasteiger partial charge in [-0.1, -0.05) is 31.5 Å². The minimum atomic E-state index is 0.838. The fourth-order valence-corrected chi connectivity index (χ4v) is 2.21. The summed E-state index contributed by atoms with van der Waals surface area (Å²) in [6.07, 6.45) is 0. The molecule has 0 radical (unpaired) electrons. The highest BCUT2D eigenvalue weighted by Crippen LogP contribution is 2.16. The van der Waals surface area contributed by atoms with Gasteiger partial charge in [0.15, 0.2) is 0 Å². The summed E-state index contributed by atoms with van der Waals surface area (Å²) in [4.78, 5) is 4.93. The van der Waals surface area contributed by atoms with Gasteiger partial charge >= 0.3 is 0 Å². The van der Waals surface area contributed by atoms with Gasteiger partial charge in [-0.3, -0.25) is 4.90 Å². The Balaban J connectivity index is 0.000000861. The van der Waals surface area contributed by atoms with Crippen LogP contribution >= 0.6 is 0 Å². The van der Waals surface area contributed by atoms with Crippen LogP contribution in [0.4, 0.5) is 5.69 Å². The van der Waals surface area contributed by atoms with Gasteiger partial charge in [-0.05, 0) is 19.1 Å². The first-order valence-electron chi connectivity index (χ1n) is 7.32. The molecule has 3 nitrogen and oxygen atoms in total. The Kier molecular flexibility index (Phi) is 7.53. The van der Waals surface area contributed by atoms with Gasteiger partial charge in [-0.2, -0.15) is 0 Å². The number of anilines is 1. The number of rotatable bonds is 4. The number of methoxy groups -OCH3 is 1. The minimum absolute atomic E-state index is 0.838. The van der Waals surface area contributed by atoms with E-state index in [1.807, 2.05) is 13.8 Å². The Morgan fingerprint density at radius 2 is 1.58 bits per heavy atom. The molecule has 1 saturated heterocycles. The van der Waals surface area contributed by atoms with Crippen LogP contribution in [0.25, 0.3) is 0 Å². The highest BCUT2D eigenvalue weighted by atomic mass is 16.5. The third kappa shape index (κ3) is 5.21. The second-order valence-corrected chi connectivity index (χ2v) is 4.66. The first kappa shape index (κ1) is 16.0. The molecule has 1 fully saturated rings. The van der Waals surface area contributed by atoms with Crippen molar-refractivity contribution in [2.45, 2.75) is 20.8 Å². The average molecular weight is 264 g/mol. The lowest BCUT2D eigenvalue weighted by Gasteiger charge is -2.36. The smallest absolute Gasteiger partial charge is 0.0589 e. The van der Waals surface area contributed by atoms with E-state index in [1.165, 1.54) is 11.3 Å². The highest BCUT2D eigenvalue weighted by Gasteiger charge is 2.16. The van der Waals surface area contributed by atoms with Crippen molar-refractivity contribution in [3.8, 4) is 0 Å². The van der Waals surface area contributed by atoms with Crippen molar-refractivity contribution in [3.05, 3.63) is 29.8 Å². The van der Waals surface area contributed by atoms with Crippen LogP contribution in [0.5, 0.6) is 0 Å². The van der Waals surface area contributed by atoms with Crippen molar-refractivity contribution in [3.63, 3.8) is 0 Å². The number of ether oxygens (including phenoxy) is 1. The third-order valence-corrected chi connectivity index (χ3v) is 3.38. The minimum Gasteiger partial charge on any atom is -0.383 e. The maximum absolute atomic E-state index is 5.11. The molecule has 0 saturated carbocycles. The Morgan fingerprint density at radius 1 is 1.00 bits per heavy atom. The summed E-state index contributed by atoms with van der Waals surface area (Å²) in [5, 5.41) is 0. The van der Waals surface area contributed by atoms with Crippen LogP contribution in [-0.4, -0.2) is 51.3 Å². The van der Waals surface area contributed by atoms with Crippen LogP contribution in [0.1, 0.15) is 19.4 Å². The van der Waals surface area contributed by atoms with E-state index in [4.69, 9.17) is 4.74 Å². The van der Waals surface area contributed by atoms with E-state index < -0.39 is 0 Å². The molecule has 0 amide bonds. The maximum Gasteiger partial charge on any atom is 0.0589 e. The predicted molar refractivity (Wildman–Crippen MR) is 83.1 cm³/mol. The van der Waals surface area contributed by atoms with Crippen LogP contribution < -0.4 is 4.90 Å². The monoisotopic (exact) mass is 264 g/mol. The zero-order chi connectivity index (χ0) is 14.1. The van der Waals surface area contributed by atoms with Gasteiger partial charge in [0.05, 0.1) is 6.61 Å². The van der Waals surface area contributed by atoms with Crippen LogP contribution in [-0.2, 0) is 4.74 Å². The molecule has 0 N–H and O–H groups in total. The van der Waals surface area contributed by atoms with Crippen molar-refractivity contribution in [1.82, 2.24) is 4.90 Å². The molecule has 1 aromatic rings. The first-order chi connectivity index (χ1) is 9.29. The average Bonchev–Trinajstić information content (AvgIpc) is 2.49. The molecular weight excluding hydrogens is 236 g/mol. The van der Waals surface area contributed by atoms with E-state index in [-0.39, 0.29) is 0 Å². The first-order valence-corrected chi connectivity index (χ1v) is 7.32. The lowest BCUT2D eigenvalue weighted by atomic mass is 10.2. The molecule has 0 unspecified atom stereocenters. The fraction of sp³-hybridized carbons (Fsp3) is 0.625. The molecule has 0 bridgehead atoms. The van der Waals surface area contributed by atoms with Crippen molar-refractivity contribution in [2.75, 3.05) is 51.3 Å². The molecule has 108 valence electrons. The Hall–Kier alpha value is -1.06. The largest absolute Gasteiger partial charge is 0.383 e. The standard InChI is InChI=1S/C14H22N2O.C2H6/c1-13-3-5-14(6-4-13)16-9-7-15(8-10-16)11-12-17-2;1-2/h3-6H,7-12H2,1-2H3;1-2H3. The Bertz CT molecular complexity index is 329. The second kappa shape index (κ2) is 8.94. The number of hydrogen-bond donors (Lipinski definition) is 0. The normalized spacial score (nSPS) is 15.9. The van der Waals surface area contributed by atoms with E-state index in [2.05, 4.69) is 41.0 Å². The molecule has 0 atom stereocenters. The molecule has 0 aliphatic carbocycles. The molecule has 1 heterocycles. The van der Waals surface area contributed by atoms with Crippen molar-refractivity contribution in [2.24, 2.45) is 0 Å². The summed E-state index contributed by atoms with van der Waals surface area (Å²) in [6.45, 7) is 12.5. The summed E-state index contributed by atoms with van der Waals surface area (Å²) in [6, 6.07) is 8.82. The molecule has 1 aliphatic heterocycles. The van der Waals surface area contributed by atoms with Gasteiger partial charge in [0.2, 0.25) is 0 Å². The molecule has 0 aromatic heterocycles.